The summed E-state index contributed by atoms with van der Waals surface area (Å²) in [7, 11) is 3.56. The summed E-state index contributed by atoms with van der Waals surface area (Å²) in [5.41, 5.74) is 1.85. The van der Waals surface area contributed by atoms with Gasteiger partial charge in [-0.15, -0.1) is 0 Å². The van der Waals surface area contributed by atoms with Crippen LogP contribution in [0.3, 0.4) is 0 Å². The maximum atomic E-state index is 5.86. The number of benzene rings is 1. The number of hydrogen-bond acceptors (Lipinski definition) is 5. The highest BCUT2D eigenvalue weighted by atomic mass is 16.5. The summed E-state index contributed by atoms with van der Waals surface area (Å²) in [4.78, 5) is 0. The van der Waals surface area contributed by atoms with Crippen LogP contribution in [0.4, 0.5) is 0 Å². The second kappa shape index (κ2) is 6.43. The SMILES string of the molecule is CNC(C)c1ccc(OC)cc1OCc1cc(C)on1. The van der Waals surface area contributed by atoms with E-state index in [0.717, 1.165) is 28.5 Å². The van der Waals surface area contributed by atoms with Gasteiger partial charge in [0.25, 0.3) is 0 Å². The highest BCUT2D eigenvalue weighted by molar-refractivity contribution is 5.42. The van der Waals surface area contributed by atoms with E-state index >= 15 is 0 Å². The lowest BCUT2D eigenvalue weighted by atomic mass is 10.1. The van der Waals surface area contributed by atoms with E-state index in [4.69, 9.17) is 14.0 Å². The molecule has 0 saturated heterocycles. The zero-order valence-corrected chi connectivity index (χ0v) is 12.3. The zero-order valence-electron chi connectivity index (χ0n) is 12.3. The van der Waals surface area contributed by atoms with Gasteiger partial charge in [0.2, 0.25) is 0 Å². The van der Waals surface area contributed by atoms with Gasteiger partial charge in [-0.25, -0.2) is 0 Å². The fraction of sp³-hybridized carbons (Fsp3) is 0.400. The first kappa shape index (κ1) is 14.4. The highest BCUT2D eigenvalue weighted by Crippen LogP contribution is 2.30. The molecular formula is C15H20N2O3. The maximum Gasteiger partial charge on any atom is 0.134 e. The van der Waals surface area contributed by atoms with Gasteiger partial charge in [0, 0.05) is 23.7 Å². The van der Waals surface area contributed by atoms with Crippen molar-refractivity contribution in [3.63, 3.8) is 0 Å². The first-order chi connectivity index (χ1) is 9.63. The van der Waals surface area contributed by atoms with Crippen LogP contribution in [0.5, 0.6) is 11.5 Å². The third kappa shape index (κ3) is 3.30. The van der Waals surface area contributed by atoms with Gasteiger partial charge < -0.3 is 19.3 Å². The largest absolute Gasteiger partial charge is 0.497 e. The van der Waals surface area contributed by atoms with Crippen molar-refractivity contribution < 1.29 is 14.0 Å². The van der Waals surface area contributed by atoms with Crippen LogP contribution in [0, 0.1) is 6.92 Å². The molecule has 0 bridgehead atoms. The second-order valence-corrected chi connectivity index (χ2v) is 4.63. The van der Waals surface area contributed by atoms with Crippen LogP contribution >= 0.6 is 0 Å². The van der Waals surface area contributed by atoms with Gasteiger partial charge in [0.1, 0.15) is 29.6 Å². The van der Waals surface area contributed by atoms with Crippen LogP contribution in [0.25, 0.3) is 0 Å². The average Bonchev–Trinajstić information content (AvgIpc) is 2.89. The molecule has 1 aromatic heterocycles. The lowest BCUT2D eigenvalue weighted by Crippen LogP contribution is -2.14. The summed E-state index contributed by atoms with van der Waals surface area (Å²) < 4.78 is 16.1. The third-order valence-electron chi connectivity index (χ3n) is 3.17. The number of aromatic nitrogens is 1. The Kier molecular flexibility index (Phi) is 4.63. The van der Waals surface area contributed by atoms with Crippen LogP contribution < -0.4 is 14.8 Å². The monoisotopic (exact) mass is 276 g/mol. The Morgan fingerprint density at radius 1 is 1.35 bits per heavy atom. The van der Waals surface area contributed by atoms with Crippen LogP contribution in [0.1, 0.15) is 30.0 Å². The van der Waals surface area contributed by atoms with Gasteiger partial charge in [0.15, 0.2) is 0 Å². The maximum absolute atomic E-state index is 5.86. The molecule has 1 atom stereocenters. The Hall–Kier alpha value is -2.01. The number of aryl methyl sites for hydroxylation is 1. The Bertz CT molecular complexity index is 566. The summed E-state index contributed by atoms with van der Waals surface area (Å²) >= 11 is 0. The van der Waals surface area contributed by atoms with Crippen molar-refractivity contribution in [2.75, 3.05) is 14.2 Å². The minimum absolute atomic E-state index is 0.190. The Morgan fingerprint density at radius 3 is 2.75 bits per heavy atom. The number of ether oxygens (including phenoxy) is 2. The predicted molar refractivity (Wildman–Crippen MR) is 76.0 cm³/mol. The van der Waals surface area contributed by atoms with E-state index in [1.807, 2.05) is 38.2 Å². The fourth-order valence-corrected chi connectivity index (χ4v) is 1.92. The summed E-state index contributed by atoms with van der Waals surface area (Å²) in [6.07, 6.45) is 0. The quantitative estimate of drug-likeness (QED) is 0.879. The molecule has 2 rings (SSSR count). The third-order valence-corrected chi connectivity index (χ3v) is 3.17. The van der Waals surface area contributed by atoms with Crippen LogP contribution in [-0.2, 0) is 6.61 Å². The van der Waals surface area contributed by atoms with Gasteiger partial charge in [-0.3, -0.25) is 0 Å². The molecular weight excluding hydrogens is 256 g/mol. The Balaban J connectivity index is 2.18. The van der Waals surface area contributed by atoms with Crippen LogP contribution in [-0.4, -0.2) is 19.3 Å². The minimum Gasteiger partial charge on any atom is -0.497 e. The van der Waals surface area contributed by atoms with Crippen molar-refractivity contribution >= 4 is 0 Å². The second-order valence-electron chi connectivity index (χ2n) is 4.63. The number of nitrogens with one attached hydrogen (secondary N) is 1. The molecule has 0 fully saturated rings. The average molecular weight is 276 g/mol. The van der Waals surface area contributed by atoms with Gasteiger partial charge >= 0.3 is 0 Å². The molecule has 0 radical (unpaired) electrons. The van der Waals surface area contributed by atoms with Crippen molar-refractivity contribution in [3.8, 4) is 11.5 Å². The molecule has 0 aliphatic rings. The van der Waals surface area contributed by atoms with E-state index in [1.54, 1.807) is 7.11 Å². The summed E-state index contributed by atoms with van der Waals surface area (Å²) in [5, 5.41) is 7.13. The summed E-state index contributed by atoms with van der Waals surface area (Å²) in [6, 6.07) is 7.87. The molecule has 20 heavy (non-hydrogen) atoms. The molecule has 1 aromatic carbocycles. The molecule has 0 aliphatic carbocycles. The first-order valence-corrected chi connectivity index (χ1v) is 6.54. The molecule has 1 N–H and O–H groups in total. The van der Waals surface area contributed by atoms with Crippen molar-refractivity contribution in [3.05, 3.63) is 41.3 Å². The minimum atomic E-state index is 0.190. The van der Waals surface area contributed by atoms with E-state index in [0.29, 0.717) is 6.61 Å². The molecule has 5 heteroatoms. The Morgan fingerprint density at radius 2 is 2.15 bits per heavy atom. The topological polar surface area (TPSA) is 56.5 Å². The van der Waals surface area contributed by atoms with E-state index in [-0.39, 0.29) is 6.04 Å². The fourth-order valence-electron chi connectivity index (χ4n) is 1.92. The molecule has 5 nitrogen and oxygen atoms in total. The van der Waals surface area contributed by atoms with Crippen LogP contribution in [0.15, 0.2) is 28.8 Å². The van der Waals surface area contributed by atoms with Crippen LogP contribution in [0.2, 0.25) is 0 Å². The van der Waals surface area contributed by atoms with E-state index in [2.05, 4.69) is 17.4 Å². The molecule has 108 valence electrons. The zero-order chi connectivity index (χ0) is 14.5. The Labute approximate surface area is 118 Å². The lowest BCUT2D eigenvalue weighted by Gasteiger charge is -2.17. The molecule has 0 spiro atoms. The highest BCUT2D eigenvalue weighted by Gasteiger charge is 2.12. The molecule has 0 aliphatic heterocycles. The molecule has 1 heterocycles. The van der Waals surface area contributed by atoms with Gasteiger partial charge in [-0.05, 0) is 27.0 Å². The molecule has 0 saturated carbocycles. The van der Waals surface area contributed by atoms with Crippen molar-refractivity contribution in [2.24, 2.45) is 0 Å². The number of methoxy groups -OCH3 is 1. The van der Waals surface area contributed by atoms with Gasteiger partial charge in [-0.1, -0.05) is 11.2 Å². The van der Waals surface area contributed by atoms with E-state index in [1.165, 1.54) is 0 Å². The number of nitrogens with zero attached hydrogens (tertiary/aromatic N) is 1. The number of hydrogen-bond donors (Lipinski definition) is 1. The van der Waals surface area contributed by atoms with Crippen molar-refractivity contribution in [2.45, 2.75) is 26.5 Å². The predicted octanol–water partition coefficient (Wildman–Crippen LogP) is 2.85. The van der Waals surface area contributed by atoms with Gasteiger partial charge in [0.05, 0.1) is 7.11 Å². The van der Waals surface area contributed by atoms with Crippen molar-refractivity contribution in [1.82, 2.24) is 10.5 Å². The molecule has 2 aromatic rings. The van der Waals surface area contributed by atoms with Gasteiger partial charge in [-0.2, -0.15) is 0 Å². The lowest BCUT2D eigenvalue weighted by molar-refractivity contribution is 0.281. The van der Waals surface area contributed by atoms with Crippen molar-refractivity contribution in [1.29, 1.82) is 0 Å². The molecule has 0 amide bonds. The smallest absolute Gasteiger partial charge is 0.134 e. The summed E-state index contributed by atoms with van der Waals surface area (Å²) in [6.45, 7) is 4.30. The standard InChI is InChI=1S/C15H20N2O3/c1-10-7-12(17-20-10)9-19-15-8-13(18-4)5-6-14(15)11(2)16-3/h5-8,11,16H,9H2,1-4H3. The first-order valence-electron chi connectivity index (χ1n) is 6.54. The number of rotatable bonds is 6. The summed E-state index contributed by atoms with van der Waals surface area (Å²) in [5.74, 6) is 2.33. The van der Waals surface area contributed by atoms with E-state index < -0.39 is 0 Å². The normalized spacial score (nSPS) is 12.2. The molecule has 1 unspecified atom stereocenters. The van der Waals surface area contributed by atoms with E-state index in [9.17, 15) is 0 Å².